The van der Waals surface area contributed by atoms with Gasteiger partial charge in [-0.3, -0.25) is 0 Å². The van der Waals surface area contributed by atoms with Crippen LogP contribution >= 0.6 is 11.6 Å². The number of hydrogen-bond donors (Lipinski definition) is 0. The molecule has 0 N–H and O–H groups in total. The summed E-state index contributed by atoms with van der Waals surface area (Å²) in [5.74, 6) is 0.893. The van der Waals surface area contributed by atoms with E-state index in [0.717, 1.165) is 5.75 Å². The molecular formula is C13H15ClO2. The van der Waals surface area contributed by atoms with E-state index in [9.17, 15) is 4.79 Å². The Bertz CT molecular complexity index is 357. The van der Waals surface area contributed by atoms with Crippen molar-refractivity contribution in [1.29, 1.82) is 0 Å². The van der Waals surface area contributed by atoms with Crippen LogP contribution in [-0.2, 0) is 4.79 Å². The third-order valence-corrected chi connectivity index (χ3v) is 2.40. The summed E-state index contributed by atoms with van der Waals surface area (Å²) in [6, 6.07) is 7.13. The smallest absolute Gasteiger partial charge is 0.129 e. The molecule has 0 radical (unpaired) electrons. The first-order valence-corrected chi connectivity index (χ1v) is 5.54. The average molecular weight is 239 g/mol. The summed E-state index contributed by atoms with van der Waals surface area (Å²) in [7, 11) is 0. The summed E-state index contributed by atoms with van der Waals surface area (Å²) >= 11 is 5.76. The van der Waals surface area contributed by atoms with Gasteiger partial charge in [0.15, 0.2) is 0 Å². The van der Waals surface area contributed by atoms with Crippen LogP contribution in [0, 0.1) is 0 Å². The van der Waals surface area contributed by atoms with E-state index in [1.807, 2.05) is 0 Å². The number of benzene rings is 1. The molecule has 16 heavy (non-hydrogen) atoms. The first-order valence-electron chi connectivity index (χ1n) is 5.16. The van der Waals surface area contributed by atoms with Crippen molar-refractivity contribution in [1.82, 2.24) is 0 Å². The number of Topliss-reactive ketones (excluding diaryl/α,β-unsaturated/α-hetero) is 1. The van der Waals surface area contributed by atoms with Crippen molar-refractivity contribution in [2.75, 3.05) is 0 Å². The van der Waals surface area contributed by atoms with Crippen LogP contribution in [0.2, 0.25) is 5.02 Å². The largest absolute Gasteiger partial charge is 0.486 e. The Hall–Kier alpha value is -1.28. The van der Waals surface area contributed by atoms with E-state index in [-0.39, 0.29) is 11.9 Å². The van der Waals surface area contributed by atoms with E-state index in [4.69, 9.17) is 16.3 Å². The van der Waals surface area contributed by atoms with Crippen molar-refractivity contribution < 1.29 is 9.53 Å². The second-order valence-corrected chi connectivity index (χ2v) is 4.02. The van der Waals surface area contributed by atoms with Crippen molar-refractivity contribution >= 4 is 17.4 Å². The minimum Gasteiger partial charge on any atom is -0.486 e. The quantitative estimate of drug-likeness (QED) is 0.708. The summed E-state index contributed by atoms with van der Waals surface area (Å²) in [5, 5.41) is 0.672. The highest BCUT2D eigenvalue weighted by atomic mass is 35.5. The zero-order valence-electron chi connectivity index (χ0n) is 9.28. The van der Waals surface area contributed by atoms with Crippen LogP contribution in [-0.4, -0.2) is 11.9 Å². The van der Waals surface area contributed by atoms with Gasteiger partial charge in [-0.25, -0.2) is 0 Å². The molecule has 0 spiro atoms. The molecule has 0 heterocycles. The van der Waals surface area contributed by atoms with Gasteiger partial charge in [0, 0.05) is 11.4 Å². The molecule has 3 heteroatoms. The molecule has 0 unspecified atom stereocenters. The Balaban J connectivity index is 2.52. The van der Waals surface area contributed by atoms with Gasteiger partial charge in [-0.15, -0.1) is 0 Å². The van der Waals surface area contributed by atoms with Crippen LogP contribution in [0.25, 0.3) is 0 Å². The van der Waals surface area contributed by atoms with Crippen molar-refractivity contribution in [2.24, 2.45) is 0 Å². The monoisotopic (exact) mass is 238 g/mol. The second kappa shape index (κ2) is 6.33. The van der Waals surface area contributed by atoms with E-state index in [1.165, 1.54) is 0 Å². The summed E-state index contributed by atoms with van der Waals surface area (Å²) in [5.41, 5.74) is 0. The molecule has 1 aromatic rings. The Kier molecular flexibility index (Phi) is 5.06. The normalized spacial score (nSPS) is 11.9. The Morgan fingerprint density at radius 2 is 2.12 bits per heavy atom. The van der Waals surface area contributed by atoms with Gasteiger partial charge in [0.1, 0.15) is 17.6 Å². The third kappa shape index (κ3) is 4.49. The number of carbonyl (C=O) groups is 1. The molecule has 0 aliphatic heterocycles. The fourth-order valence-corrected chi connectivity index (χ4v) is 1.38. The highest BCUT2D eigenvalue weighted by Crippen LogP contribution is 2.18. The molecule has 0 fully saturated rings. The number of rotatable bonds is 6. The van der Waals surface area contributed by atoms with Crippen LogP contribution in [0.5, 0.6) is 5.75 Å². The maximum Gasteiger partial charge on any atom is 0.129 e. The molecular weight excluding hydrogens is 224 g/mol. The Morgan fingerprint density at radius 1 is 1.50 bits per heavy atom. The molecule has 0 aliphatic carbocycles. The SMILES string of the molecule is C=C[C@@H](CCC(C)=O)Oc1ccc(Cl)cc1. The van der Waals surface area contributed by atoms with Crippen molar-refractivity contribution in [2.45, 2.75) is 25.9 Å². The lowest BCUT2D eigenvalue weighted by atomic mass is 10.1. The molecule has 1 rings (SSSR count). The van der Waals surface area contributed by atoms with Crippen LogP contribution in [0.4, 0.5) is 0 Å². The van der Waals surface area contributed by atoms with Gasteiger partial charge in [0.25, 0.3) is 0 Å². The van der Waals surface area contributed by atoms with Crippen molar-refractivity contribution in [3.8, 4) is 5.75 Å². The Morgan fingerprint density at radius 3 is 2.62 bits per heavy atom. The summed E-state index contributed by atoms with van der Waals surface area (Å²) in [6.45, 7) is 5.26. The van der Waals surface area contributed by atoms with E-state index in [2.05, 4.69) is 6.58 Å². The molecule has 1 atom stereocenters. The van der Waals surface area contributed by atoms with Crippen LogP contribution < -0.4 is 4.74 Å². The summed E-state index contributed by atoms with van der Waals surface area (Å²) in [4.78, 5) is 10.9. The van der Waals surface area contributed by atoms with E-state index < -0.39 is 0 Å². The van der Waals surface area contributed by atoms with E-state index in [0.29, 0.717) is 17.9 Å². The average Bonchev–Trinajstić information content (AvgIpc) is 2.26. The maximum atomic E-state index is 10.9. The molecule has 0 bridgehead atoms. The zero-order valence-corrected chi connectivity index (χ0v) is 10.0. The van der Waals surface area contributed by atoms with E-state index >= 15 is 0 Å². The van der Waals surface area contributed by atoms with Gasteiger partial charge < -0.3 is 9.53 Å². The number of carbonyl (C=O) groups excluding carboxylic acids is 1. The predicted octanol–water partition coefficient (Wildman–Crippen LogP) is 3.64. The minimum absolute atomic E-state index is 0.134. The molecule has 0 saturated heterocycles. The molecule has 1 aromatic carbocycles. The number of ketones is 1. The van der Waals surface area contributed by atoms with Crippen molar-refractivity contribution in [3.05, 3.63) is 41.9 Å². The van der Waals surface area contributed by atoms with Gasteiger partial charge in [0.05, 0.1) is 0 Å². The first-order chi connectivity index (χ1) is 7.61. The minimum atomic E-state index is -0.134. The third-order valence-electron chi connectivity index (χ3n) is 2.14. The maximum absolute atomic E-state index is 10.9. The lowest BCUT2D eigenvalue weighted by Crippen LogP contribution is -2.14. The molecule has 0 aliphatic rings. The number of hydrogen-bond acceptors (Lipinski definition) is 2. The predicted molar refractivity (Wildman–Crippen MR) is 66.0 cm³/mol. The number of halogens is 1. The fraction of sp³-hybridized carbons (Fsp3) is 0.308. The van der Waals surface area contributed by atoms with Crippen LogP contribution in [0.3, 0.4) is 0 Å². The highest BCUT2D eigenvalue weighted by molar-refractivity contribution is 6.30. The lowest BCUT2D eigenvalue weighted by molar-refractivity contribution is -0.117. The van der Waals surface area contributed by atoms with Gasteiger partial charge in [-0.05, 0) is 37.6 Å². The topological polar surface area (TPSA) is 26.3 Å². The second-order valence-electron chi connectivity index (χ2n) is 3.59. The zero-order chi connectivity index (χ0) is 12.0. The molecule has 0 amide bonds. The van der Waals surface area contributed by atoms with E-state index in [1.54, 1.807) is 37.3 Å². The number of ether oxygens (including phenoxy) is 1. The van der Waals surface area contributed by atoms with Gasteiger partial charge in [-0.2, -0.15) is 0 Å². The van der Waals surface area contributed by atoms with Gasteiger partial charge >= 0.3 is 0 Å². The first kappa shape index (κ1) is 12.8. The van der Waals surface area contributed by atoms with Crippen molar-refractivity contribution in [3.63, 3.8) is 0 Å². The Labute approximate surface area is 101 Å². The van der Waals surface area contributed by atoms with Crippen LogP contribution in [0.1, 0.15) is 19.8 Å². The fourth-order valence-electron chi connectivity index (χ4n) is 1.26. The molecule has 2 nitrogen and oxygen atoms in total. The van der Waals surface area contributed by atoms with Crippen LogP contribution in [0.15, 0.2) is 36.9 Å². The van der Waals surface area contributed by atoms with Gasteiger partial charge in [0.2, 0.25) is 0 Å². The molecule has 86 valence electrons. The summed E-state index contributed by atoms with van der Waals surface area (Å²) in [6.07, 6.45) is 2.73. The molecule has 0 aromatic heterocycles. The standard InChI is InChI=1S/C13H15ClO2/c1-3-12(7-4-10(2)15)16-13-8-5-11(14)6-9-13/h3,5-6,8-9,12H,1,4,7H2,2H3/t12-/m0/s1. The highest BCUT2D eigenvalue weighted by Gasteiger charge is 2.07. The molecule has 0 saturated carbocycles. The van der Waals surface area contributed by atoms with Gasteiger partial charge in [-0.1, -0.05) is 24.3 Å². The lowest BCUT2D eigenvalue weighted by Gasteiger charge is -2.14. The summed E-state index contributed by atoms with van der Waals surface area (Å²) < 4.78 is 5.64.